The SMILES string of the molecule is CC.CC.CC.Cc1ccc(CN2CC(=O)N(CC3CCN(c4ccncc4)CC3)c3ccccc3C2)cc1. The van der Waals surface area contributed by atoms with Crippen molar-refractivity contribution in [3.63, 3.8) is 0 Å². The molecule has 3 aromatic rings. The van der Waals surface area contributed by atoms with Gasteiger partial charge in [0.1, 0.15) is 0 Å². The van der Waals surface area contributed by atoms with Crippen LogP contribution in [-0.2, 0) is 17.9 Å². The second kappa shape index (κ2) is 17.4. The summed E-state index contributed by atoms with van der Waals surface area (Å²) < 4.78 is 0. The number of hydrogen-bond acceptors (Lipinski definition) is 4. The standard InChI is InChI=1S/C28H32N4O.3C2H6/c1-22-6-8-23(9-7-22)18-30-20-25-4-2-3-5-27(25)32(28(33)21-30)19-24-12-16-31(17-13-24)26-10-14-29-15-11-26;3*1-2/h2-11,14-15,24H,12-13,16-21H2,1H3;3*1-2H3. The fourth-order valence-corrected chi connectivity index (χ4v) is 5.07. The number of fused-ring (bicyclic) bond motifs is 1. The molecule has 3 heterocycles. The number of carbonyl (C=O) groups is 1. The number of aryl methyl sites for hydroxylation is 1. The molecular formula is C34H50N4O. The number of benzene rings is 2. The Balaban J connectivity index is 0.000000833. The Kier molecular flexibility index (Phi) is 14.3. The van der Waals surface area contributed by atoms with Crippen LogP contribution >= 0.6 is 0 Å². The average molecular weight is 531 g/mol. The molecule has 1 aromatic heterocycles. The predicted molar refractivity (Wildman–Crippen MR) is 167 cm³/mol. The first-order valence-corrected chi connectivity index (χ1v) is 15.0. The maximum atomic E-state index is 13.5. The number of hydrogen-bond donors (Lipinski definition) is 0. The van der Waals surface area contributed by atoms with Gasteiger partial charge in [-0.2, -0.15) is 0 Å². The average Bonchev–Trinajstić information content (AvgIpc) is 3.13. The minimum atomic E-state index is 0.212. The fraction of sp³-hybridized carbons (Fsp3) is 0.471. The van der Waals surface area contributed by atoms with Gasteiger partial charge in [0.2, 0.25) is 5.91 Å². The van der Waals surface area contributed by atoms with Crippen LogP contribution in [0, 0.1) is 12.8 Å². The summed E-state index contributed by atoms with van der Waals surface area (Å²) >= 11 is 0. The van der Waals surface area contributed by atoms with Crippen LogP contribution in [0.1, 0.15) is 71.1 Å². The highest BCUT2D eigenvalue weighted by atomic mass is 16.2. The molecule has 39 heavy (non-hydrogen) atoms. The van der Waals surface area contributed by atoms with Crippen molar-refractivity contribution in [1.82, 2.24) is 9.88 Å². The van der Waals surface area contributed by atoms with Crippen LogP contribution in [-0.4, -0.2) is 42.0 Å². The van der Waals surface area contributed by atoms with Gasteiger partial charge in [-0.1, -0.05) is 89.6 Å². The van der Waals surface area contributed by atoms with E-state index in [0.29, 0.717) is 12.5 Å². The van der Waals surface area contributed by atoms with E-state index >= 15 is 0 Å². The maximum absolute atomic E-state index is 13.5. The van der Waals surface area contributed by atoms with Crippen molar-refractivity contribution >= 4 is 17.3 Å². The molecule has 5 heteroatoms. The number of amides is 1. The third kappa shape index (κ3) is 9.21. The molecule has 0 aliphatic carbocycles. The van der Waals surface area contributed by atoms with E-state index in [2.05, 4.69) is 87.3 Å². The fourth-order valence-electron chi connectivity index (χ4n) is 5.07. The third-order valence-electron chi connectivity index (χ3n) is 6.95. The minimum Gasteiger partial charge on any atom is -0.371 e. The highest BCUT2D eigenvalue weighted by molar-refractivity contribution is 5.96. The van der Waals surface area contributed by atoms with Gasteiger partial charge in [-0.3, -0.25) is 14.7 Å². The Morgan fingerprint density at radius 3 is 2.05 bits per heavy atom. The molecule has 212 valence electrons. The summed E-state index contributed by atoms with van der Waals surface area (Å²) in [7, 11) is 0. The van der Waals surface area contributed by atoms with Gasteiger partial charge in [0, 0.05) is 56.5 Å². The zero-order valence-electron chi connectivity index (χ0n) is 25.4. The third-order valence-corrected chi connectivity index (χ3v) is 6.95. The number of carbonyl (C=O) groups excluding carboxylic acids is 1. The van der Waals surface area contributed by atoms with Gasteiger partial charge >= 0.3 is 0 Å². The van der Waals surface area contributed by atoms with E-state index in [-0.39, 0.29) is 5.91 Å². The lowest BCUT2D eigenvalue weighted by Gasteiger charge is -2.36. The normalized spacial score (nSPS) is 15.4. The van der Waals surface area contributed by atoms with E-state index in [9.17, 15) is 4.79 Å². The number of pyridine rings is 1. The van der Waals surface area contributed by atoms with Gasteiger partial charge in [-0.25, -0.2) is 0 Å². The van der Waals surface area contributed by atoms with Crippen molar-refractivity contribution in [2.45, 2.75) is 74.4 Å². The molecule has 5 rings (SSSR count). The number of aromatic nitrogens is 1. The molecule has 2 aromatic carbocycles. The van der Waals surface area contributed by atoms with Crippen molar-refractivity contribution < 1.29 is 4.79 Å². The van der Waals surface area contributed by atoms with Gasteiger partial charge in [0.25, 0.3) is 0 Å². The summed E-state index contributed by atoms with van der Waals surface area (Å²) in [5, 5.41) is 0. The highest BCUT2D eigenvalue weighted by Crippen LogP contribution is 2.30. The summed E-state index contributed by atoms with van der Waals surface area (Å²) in [6, 6.07) is 21.2. The number of para-hydroxylation sites is 1. The van der Waals surface area contributed by atoms with E-state index in [1.807, 2.05) is 53.9 Å². The summed E-state index contributed by atoms with van der Waals surface area (Å²) in [4.78, 5) is 24.4. The molecular weight excluding hydrogens is 480 g/mol. The van der Waals surface area contributed by atoms with E-state index < -0.39 is 0 Å². The Hall–Kier alpha value is -3.18. The van der Waals surface area contributed by atoms with Crippen molar-refractivity contribution in [3.05, 3.63) is 89.7 Å². The molecule has 0 bridgehead atoms. The molecule has 1 amide bonds. The van der Waals surface area contributed by atoms with Crippen molar-refractivity contribution in [2.24, 2.45) is 5.92 Å². The van der Waals surface area contributed by atoms with Crippen molar-refractivity contribution in [2.75, 3.05) is 36.0 Å². The van der Waals surface area contributed by atoms with Gasteiger partial charge in [0.05, 0.1) is 6.54 Å². The van der Waals surface area contributed by atoms with E-state index in [4.69, 9.17) is 0 Å². The van der Waals surface area contributed by atoms with Crippen LogP contribution in [0.25, 0.3) is 0 Å². The Labute approximate surface area is 237 Å². The molecule has 5 nitrogen and oxygen atoms in total. The minimum absolute atomic E-state index is 0.212. The predicted octanol–water partition coefficient (Wildman–Crippen LogP) is 7.73. The number of anilines is 2. The monoisotopic (exact) mass is 530 g/mol. The topological polar surface area (TPSA) is 39.7 Å². The summed E-state index contributed by atoms with van der Waals surface area (Å²) in [5.74, 6) is 0.729. The summed E-state index contributed by atoms with van der Waals surface area (Å²) in [6.07, 6.45) is 5.91. The smallest absolute Gasteiger partial charge is 0.241 e. The molecule has 2 aliphatic heterocycles. The summed E-state index contributed by atoms with van der Waals surface area (Å²) in [6.45, 7) is 19.0. The number of rotatable bonds is 5. The first-order chi connectivity index (χ1) is 19.2. The van der Waals surface area contributed by atoms with Crippen LogP contribution in [0.2, 0.25) is 0 Å². The van der Waals surface area contributed by atoms with Gasteiger partial charge in [-0.05, 0) is 55.0 Å². The van der Waals surface area contributed by atoms with Gasteiger partial charge in [0.15, 0.2) is 0 Å². The molecule has 0 saturated carbocycles. The molecule has 2 aliphatic rings. The van der Waals surface area contributed by atoms with Crippen molar-refractivity contribution in [1.29, 1.82) is 0 Å². The first kappa shape index (κ1) is 32.0. The first-order valence-electron chi connectivity index (χ1n) is 15.0. The van der Waals surface area contributed by atoms with Gasteiger partial charge in [-0.15, -0.1) is 0 Å². The maximum Gasteiger partial charge on any atom is 0.241 e. The Morgan fingerprint density at radius 2 is 1.41 bits per heavy atom. The van der Waals surface area contributed by atoms with E-state index in [1.165, 1.54) is 22.4 Å². The Morgan fingerprint density at radius 1 is 0.795 bits per heavy atom. The van der Waals surface area contributed by atoms with E-state index in [1.54, 1.807) is 0 Å². The van der Waals surface area contributed by atoms with Crippen LogP contribution < -0.4 is 9.80 Å². The zero-order valence-corrected chi connectivity index (χ0v) is 25.4. The second-order valence-electron chi connectivity index (χ2n) is 9.40. The van der Waals surface area contributed by atoms with Gasteiger partial charge < -0.3 is 9.80 Å². The molecule has 1 saturated heterocycles. The quantitative estimate of drug-likeness (QED) is 0.338. The van der Waals surface area contributed by atoms with Crippen molar-refractivity contribution in [3.8, 4) is 0 Å². The molecule has 0 radical (unpaired) electrons. The lowest BCUT2D eigenvalue weighted by Crippen LogP contribution is -2.43. The molecule has 0 spiro atoms. The lowest BCUT2D eigenvalue weighted by atomic mass is 9.95. The second-order valence-corrected chi connectivity index (χ2v) is 9.40. The Bertz CT molecular complexity index is 1080. The summed E-state index contributed by atoms with van der Waals surface area (Å²) in [5.41, 5.74) is 6.08. The number of nitrogens with zero attached hydrogens (tertiary/aromatic N) is 4. The van der Waals surface area contributed by atoms with Crippen LogP contribution in [0.4, 0.5) is 11.4 Å². The zero-order chi connectivity index (χ0) is 28.6. The molecule has 1 fully saturated rings. The van der Waals surface area contributed by atoms with Crippen LogP contribution in [0.5, 0.6) is 0 Å². The van der Waals surface area contributed by atoms with Crippen LogP contribution in [0.15, 0.2) is 73.1 Å². The highest BCUT2D eigenvalue weighted by Gasteiger charge is 2.29. The molecule has 0 unspecified atom stereocenters. The van der Waals surface area contributed by atoms with E-state index in [0.717, 1.165) is 51.3 Å². The van der Waals surface area contributed by atoms with Crippen LogP contribution in [0.3, 0.4) is 0 Å². The largest absolute Gasteiger partial charge is 0.371 e. The molecule has 0 atom stereocenters. The molecule has 0 N–H and O–H groups in total. The lowest BCUT2D eigenvalue weighted by molar-refractivity contribution is -0.119. The number of piperidine rings is 1.